The number of esters is 1. The highest BCUT2D eigenvalue weighted by atomic mass is 16.5. The lowest BCUT2D eigenvalue weighted by atomic mass is 10.3. The second kappa shape index (κ2) is 8.04. The monoisotopic (exact) mass is 281 g/mol. The standard InChI is InChI=1S/C14H19NO5/c1-4-19-14(17)9-15(2)13(16)10-20-12-7-5-6-11(8-12)18-3/h5-8H,4,9-10H2,1-3H3. The summed E-state index contributed by atoms with van der Waals surface area (Å²) in [6.45, 7) is 1.77. The first kappa shape index (κ1) is 15.8. The van der Waals surface area contributed by atoms with Gasteiger partial charge in [-0.2, -0.15) is 0 Å². The number of methoxy groups -OCH3 is 1. The zero-order valence-corrected chi connectivity index (χ0v) is 11.9. The van der Waals surface area contributed by atoms with Crippen LogP contribution in [0.15, 0.2) is 24.3 Å². The number of carbonyl (C=O) groups is 2. The second-order valence-electron chi connectivity index (χ2n) is 4.02. The van der Waals surface area contributed by atoms with Crippen molar-refractivity contribution in [2.24, 2.45) is 0 Å². The molecule has 0 unspecified atom stereocenters. The van der Waals surface area contributed by atoms with Crippen LogP contribution in [0.25, 0.3) is 0 Å². The zero-order chi connectivity index (χ0) is 15.0. The van der Waals surface area contributed by atoms with E-state index in [9.17, 15) is 9.59 Å². The molecule has 6 nitrogen and oxygen atoms in total. The number of hydrogen-bond donors (Lipinski definition) is 0. The minimum absolute atomic E-state index is 0.0891. The Labute approximate surface area is 118 Å². The van der Waals surface area contributed by atoms with Crippen molar-refractivity contribution >= 4 is 11.9 Å². The van der Waals surface area contributed by atoms with Crippen molar-refractivity contribution in [3.8, 4) is 11.5 Å². The lowest BCUT2D eigenvalue weighted by Crippen LogP contribution is -2.36. The van der Waals surface area contributed by atoms with E-state index in [0.29, 0.717) is 18.1 Å². The summed E-state index contributed by atoms with van der Waals surface area (Å²) in [5, 5.41) is 0. The fourth-order valence-corrected chi connectivity index (χ4v) is 1.43. The average Bonchev–Trinajstić information content (AvgIpc) is 2.45. The molecule has 0 bridgehead atoms. The van der Waals surface area contributed by atoms with Crippen LogP contribution in [0.1, 0.15) is 6.92 Å². The van der Waals surface area contributed by atoms with E-state index in [0.717, 1.165) is 0 Å². The zero-order valence-electron chi connectivity index (χ0n) is 11.9. The lowest BCUT2D eigenvalue weighted by Gasteiger charge is -2.16. The van der Waals surface area contributed by atoms with Crippen LogP contribution in [0.3, 0.4) is 0 Å². The third kappa shape index (κ3) is 5.17. The molecule has 0 heterocycles. The maximum absolute atomic E-state index is 11.8. The Hall–Kier alpha value is -2.24. The van der Waals surface area contributed by atoms with Crippen molar-refractivity contribution < 1.29 is 23.8 Å². The quantitative estimate of drug-likeness (QED) is 0.700. The SMILES string of the molecule is CCOC(=O)CN(C)C(=O)COc1cccc(OC)c1. The molecule has 20 heavy (non-hydrogen) atoms. The summed E-state index contributed by atoms with van der Waals surface area (Å²) in [6.07, 6.45) is 0. The van der Waals surface area contributed by atoms with E-state index in [1.807, 2.05) is 0 Å². The summed E-state index contributed by atoms with van der Waals surface area (Å²) >= 11 is 0. The minimum Gasteiger partial charge on any atom is -0.497 e. The Bertz CT molecular complexity index is 461. The normalized spacial score (nSPS) is 9.75. The molecule has 0 aliphatic carbocycles. The average molecular weight is 281 g/mol. The van der Waals surface area contributed by atoms with Gasteiger partial charge in [0.1, 0.15) is 18.0 Å². The first-order valence-electron chi connectivity index (χ1n) is 6.23. The van der Waals surface area contributed by atoms with Crippen LogP contribution in [0.5, 0.6) is 11.5 Å². The van der Waals surface area contributed by atoms with Crippen LogP contribution in [0, 0.1) is 0 Å². The summed E-state index contributed by atoms with van der Waals surface area (Å²) in [5.74, 6) is 0.433. The number of hydrogen-bond acceptors (Lipinski definition) is 5. The Kier molecular flexibility index (Phi) is 6.36. The van der Waals surface area contributed by atoms with Crippen LogP contribution < -0.4 is 9.47 Å². The number of carbonyl (C=O) groups excluding carboxylic acids is 2. The third-order valence-corrected chi connectivity index (χ3v) is 2.50. The molecule has 0 spiro atoms. The maximum Gasteiger partial charge on any atom is 0.325 e. The van der Waals surface area contributed by atoms with Gasteiger partial charge in [-0.05, 0) is 19.1 Å². The topological polar surface area (TPSA) is 65.1 Å². The van der Waals surface area contributed by atoms with Gasteiger partial charge < -0.3 is 19.1 Å². The molecule has 1 amide bonds. The molecule has 0 fully saturated rings. The maximum atomic E-state index is 11.8. The van der Waals surface area contributed by atoms with E-state index in [-0.39, 0.29) is 19.1 Å². The summed E-state index contributed by atoms with van der Waals surface area (Å²) in [6, 6.07) is 6.95. The van der Waals surface area contributed by atoms with E-state index in [4.69, 9.17) is 14.2 Å². The highest BCUT2D eigenvalue weighted by molar-refractivity contribution is 5.82. The summed E-state index contributed by atoms with van der Waals surface area (Å²) in [7, 11) is 3.07. The van der Waals surface area contributed by atoms with Gasteiger partial charge in [0, 0.05) is 13.1 Å². The van der Waals surface area contributed by atoms with Crippen molar-refractivity contribution in [3.63, 3.8) is 0 Å². The molecule has 1 aromatic rings. The van der Waals surface area contributed by atoms with Gasteiger partial charge in [0.2, 0.25) is 0 Å². The Morgan fingerprint density at radius 1 is 1.25 bits per heavy atom. The minimum atomic E-state index is -0.440. The predicted molar refractivity (Wildman–Crippen MR) is 72.8 cm³/mol. The van der Waals surface area contributed by atoms with E-state index in [2.05, 4.69) is 0 Å². The number of benzene rings is 1. The molecule has 110 valence electrons. The largest absolute Gasteiger partial charge is 0.497 e. The predicted octanol–water partition coefficient (Wildman–Crippen LogP) is 1.10. The van der Waals surface area contributed by atoms with Crippen LogP contribution in [-0.2, 0) is 14.3 Å². The van der Waals surface area contributed by atoms with E-state index in [1.54, 1.807) is 38.3 Å². The number of rotatable bonds is 7. The number of likely N-dealkylation sites (N-methyl/N-ethyl adjacent to an activating group) is 1. The molecule has 0 aliphatic rings. The first-order chi connectivity index (χ1) is 9.56. The summed E-state index contributed by atoms with van der Waals surface area (Å²) in [4.78, 5) is 24.3. The molecular formula is C14H19NO5. The van der Waals surface area contributed by atoms with E-state index < -0.39 is 5.97 Å². The van der Waals surface area contributed by atoms with E-state index in [1.165, 1.54) is 11.9 Å². The lowest BCUT2D eigenvalue weighted by molar-refractivity contribution is -0.148. The highest BCUT2D eigenvalue weighted by Crippen LogP contribution is 2.18. The van der Waals surface area contributed by atoms with Gasteiger partial charge in [-0.25, -0.2) is 0 Å². The molecule has 0 saturated heterocycles. The molecule has 1 aromatic carbocycles. The Balaban J connectivity index is 2.43. The van der Waals surface area contributed by atoms with Crippen molar-refractivity contribution in [2.45, 2.75) is 6.92 Å². The van der Waals surface area contributed by atoms with Crippen LogP contribution in [0.4, 0.5) is 0 Å². The van der Waals surface area contributed by atoms with Gasteiger partial charge in [-0.3, -0.25) is 9.59 Å². The highest BCUT2D eigenvalue weighted by Gasteiger charge is 2.14. The first-order valence-corrected chi connectivity index (χ1v) is 6.23. The van der Waals surface area contributed by atoms with Gasteiger partial charge in [0.25, 0.3) is 5.91 Å². The van der Waals surface area contributed by atoms with Gasteiger partial charge in [0.05, 0.1) is 13.7 Å². The van der Waals surface area contributed by atoms with Crippen LogP contribution >= 0.6 is 0 Å². The van der Waals surface area contributed by atoms with Crippen molar-refractivity contribution in [1.82, 2.24) is 4.90 Å². The molecule has 6 heteroatoms. The molecule has 1 rings (SSSR count). The molecule has 0 radical (unpaired) electrons. The summed E-state index contributed by atoms with van der Waals surface area (Å²) in [5.41, 5.74) is 0. The molecule has 0 atom stereocenters. The molecule has 0 aliphatic heterocycles. The van der Waals surface area contributed by atoms with Gasteiger partial charge in [0.15, 0.2) is 6.61 Å². The van der Waals surface area contributed by atoms with Crippen LogP contribution in [0.2, 0.25) is 0 Å². The van der Waals surface area contributed by atoms with Gasteiger partial charge in [-0.1, -0.05) is 6.07 Å². The van der Waals surface area contributed by atoms with Gasteiger partial charge in [-0.15, -0.1) is 0 Å². The van der Waals surface area contributed by atoms with Crippen LogP contribution in [-0.4, -0.2) is 50.7 Å². The number of ether oxygens (including phenoxy) is 3. The van der Waals surface area contributed by atoms with Gasteiger partial charge >= 0.3 is 5.97 Å². The smallest absolute Gasteiger partial charge is 0.325 e. The van der Waals surface area contributed by atoms with E-state index >= 15 is 0 Å². The Morgan fingerprint density at radius 2 is 1.95 bits per heavy atom. The third-order valence-electron chi connectivity index (χ3n) is 2.50. The Morgan fingerprint density at radius 3 is 2.60 bits per heavy atom. The van der Waals surface area contributed by atoms with Crippen molar-refractivity contribution in [1.29, 1.82) is 0 Å². The molecule has 0 aromatic heterocycles. The fraction of sp³-hybridized carbons (Fsp3) is 0.429. The van der Waals surface area contributed by atoms with Crippen molar-refractivity contribution in [2.75, 3.05) is 33.9 Å². The van der Waals surface area contributed by atoms with Crippen molar-refractivity contribution in [3.05, 3.63) is 24.3 Å². The second-order valence-corrected chi connectivity index (χ2v) is 4.02. The molecule has 0 N–H and O–H groups in total. The molecule has 0 saturated carbocycles. The summed E-state index contributed by atoms with van der Waals surface area (Å²) < 4.78 is 15.2. The number of amides is 1. The molecular weight excluding hydrogens is 262 g/mol. The fourth-order valence-electron chi connectivity index (χ4n) is 1.43. The number of nitrogens with zero attached hydrogens (tertiary/aromatic N) is 1.